The van der Waals surface area contributed by atoms with Crippen molar-refractivity contribution in [1.82, 2.24) is 19.8 Å². The Bertz CT molecular complexity index is 1630. The van der Waals surface area contributed by atoms with Crippen molar-refractivity contribution in [2.45, 2.75) is 30.3 Å². The Balaban J connectivity index is 1.63. The molecule has 0 fully saturated rings. The maximum Gasteiger partial charge on any atom is 0.229 e. The summed E-state index contributed by atoms with van der Waals surface area (Å²) in [6, 6.07) is 20.6. The van der Waals surface area contributed by atoms with Crippen LogP contribution in [0.1, 0.15) is 16.7 Å². The minimum Gasteiger partial charge on any atom is -0.497 e. The molecule has 0 aliphatic carbocycles. The highest BCUT2D eigenvalue weighted by Crippen LogP contribution is 2.30. The SMILES string of the molecule is COc1ccc(CNc2nc3c(S(=O)(=O)c4cc(C)ccc4C)nnn3c3ccccc23)cc1. The molecule has 5 rings (SSSR count). The van der Waals surface area contributed by atoms with Crippen LogP contribution in [0.2, 0.25) is 0 Å². The van der Waals surface area contributed by atoms with Gasteiger partial charge in [-0.1, -0.05) is 41.6 Å². The maximum absolute atomic E-state index is 13.6. The minimum absolute atomic E-state index is 0.167. The van der Waals surface area contributed by atoms with E-state index in [-0.39, 0.29) is 15.6 Å². The molecule has 0 atom stereocenters. The molecule has 1 N–H and O–H groups in total. The summed E-state index contributed by atoms with van der Waals surface area (Å²) in [5.41, 5.74) is 3.41. The lowest BCUT2D eigenvalue weighted by molar-refractivity contribution is 0.414. The van der Waals surface area contributed by atoms with Crippen LogP contribution in [-0.4, -0.2) is 35.3 Å². The number of rotatable bonds is 6. The summed E-state index contributed by atoms with van der Waals surface area (Å²) in [6.07, 6.45) is 0. The van der Waals surface area contributed by atoms with E-state index in [0.717, 1.165) is 22.3 Å². The van der Waals surface area contributed by atoms with Crippen molar-refractivity contribution in [1.29, 1.82) is 0 Å². The number of fused-ring (bicyclic) bond motifs is 3. The number of benzene rings is 3. The van der Waals surface area contributed by atoms with Gasteiger partial charge in [0.1, 0.15) is 11.6 Å². The number of ether oxygens (including phenoxy) is 1. The van der Waals surface area contributed by atoms with E-state index in [1.54, 1.807) is 26.2 Å². The van der Waals surface area contributed by atoms with Gasteiger partial charge in [0.15, 0.2) is 5.65 Å². The van der Waals surface area contributed by atoms with Gasteiger partial charge in [-0.3, -0.25) is 0 Å². The summed E-state index contributed by atoms with van der Waals surface area (Å²) in [4.78, 5) is 4.89. The van der Waals surface area contributed by atoms with E-state index in [0.29, 0.717) is 23.4 Å². The molecule has 0 saturated carbocycles. The number of anilines is 1. The van der Waals surface area contributed by atoms with E-state index in [1.165, 1.54) is 4.52 Å². The molecule has 0 spiro atoms. The van der Waals surface area contributed by atoms with Crippen molar-refractivity contribution >= 4 is 32.2 Å². The normalized spacial score (nSPS) is 11.7. The van der Waals surface area contributed by atoms with E-state index >= 15 is 0 Å². The molecule has 172 valence electrons. The second-order valence-electron chi connectivity index (χ2n) is 8.08. The van der Waals surface area contributed by atoms with Crippen molar-refractivity contribution in [3.05, 3.63) is 83.4 Å². The van der Waals surface area contributed by atoms with Crippen LogP contribution < -0.4 is 10.1 Å². The lowest BCUT2D eigenvalue weighted by atomic mass is 10.2. The Morgan fingerprint density at radius 1 is 1.00 bits per heavy atom. The largest absolute Gasteiger partial charge is 0.497 e. The van der Waals surface area contributed by atoms with Crippen LogP contribution in [0.5, 0.6) is 5.75 Å². The van der Waals surface area contributed by atoms with Crippen LogP contribution in [-0.2, 0) is 16.4 Å². The first kappa shape index (κ1) is 21.8. The van der Waals surface area contributed by atoms with E-state index in [2.05, 4.69) is 20.6 Å². The Labute approximate surface area is 197 Å². The third kappa shape index (κ3) is 3.73. The fourth-order valence-corrected chi connectivity index (χ4v) is 5.44. The Kier molecular flexibility index (Phi) is 5.41. The number of nitrogens with one attached hydrogen (secondary N) is 1. The topological polar surface area (TPSA) is 98.5 Å². The number of aryl methyl sites for hydroxylation is 2. The summed E-state index contributed by atoms with van der Waals surface area (Å²) < 4.78 is 33.9. The average molecular weight is 474 g/mol. The number of methoxy groups -OCH3 is 1. The molecule has 9 heteroatoms. The minimum atomic E-state index is -3.93. The highest BCUT2D eigenvalue weighted by molar-refractivity contribution is 7.91. The van der Waals surface area contributed by atoms with Gasteiger partial charge in [0, 0.05) is 11.9 Å². The molecule has 3 aromatic carbocycles. The molecule has 0 aliphatic heterocycles. The molecule has 0 radical (unpaired) electrons. The number of hydrogen-bond acceptors (Lipinski definition) is 7. The summed E-state index contributed by atoms with van der Waals surface area (Å²) in [6.45, 7) is 4.12. The van der Waals surface area contributed by atoms with Crippen LogP contribution >= 0.6 is 0 Å². The molecule has 2 aromatic heterocycles. The van der Waals surface area contributed by atoms with Gasteiger partial charge in [-0.25, -0.2) is 13.4 Å². The average Bonchev–Trinajstić information content (AvgIpc) is 3.29. The number of aromatic nitrogens is 4. The first-order valence-corrected chi connectivity index (χ1v) is 12.2. The maximum atomic E-state index is 13.6. The molecule has 0 saturated heterocycles. The zero-order valence-electron chi connectivity index (χ0n) is 19.0. The second kappa shape index (κ2) is 8.42. The van der Waals surface area contributed by atoms with Crippen molar-refractivity contribution in [3.8, 4) is 5.75 Å². The quantitative estimate of drug-likeness (QED) is 0.391. The van der Waals surface area contributed by atoms with Gasteiger partial charge in [0.05, 0.1) is 17.5 Å². The molecule has 8 nitrogen and oxygen atoms in total. The van der Waals surface area contributed by atoms with Gasteiger partial charge >= 0.3 is 0 Å². The van der Waals surface area contributed by atoms with E-state index < -0.39 is 9.84 Å². The Morgan fingerprint density at radius 2 is 1.76 bits per heavy atom. The molecule has 0 bridgehead atoms. The molecule has 0 unspecified atom stereocenters. The Morgan fingerprint density at radius 3 is 2.53 bits per heavy atom. The number of para-hydroxylation sites is 1. The van der Waals surface area contributed by atoms with Crippen molar-refractivity contribution in [3.63, 3.8) is 0 Å². The summed E-state index contributed by atoms with van der Waals surface area (Å²) in [5.74, 6) is 1.33. The van der Waals surface area contributed by atoms with E-state index in [4.69, 9.17) is 4.74 Å². The van der Waals surface area contributed by atoms with Crippen LogP contribution in [0, 0.1) is 13.8 Å². The van der Waals surface area contributed by atoms with E-state index in [9.17, 15) is 8.42 Å². The van der Waals surface area contributed by atoms with Crippen molar-refractivity contribution in [2.75, 3.05) is 12.4 Å². The van der Waals surface area contributed by atoms with Gasteiger partial charge in [-0.05, 0) is 60.9 Å². The highest BCUT2D eigenvalue weighted by atomic mass is 32.2. The molecular formula is C25H23N5O3S. The number of sulfone groups is 1. The smallest absolute Gasteiger partial charge is 0.229 e. The van der Waals surface area contributed by atoms with Crippen LogP contribution in [0.3, 0.4) is 0 Å². The predicted octanol–water partition coefficient (Wildman–Crippen LogP) is 4.35. The van der Waals surface area contributed by atoms with Crippen molar-refractivity contribution in [2.24, 2.45) is 0 Å². The van der Waals surface area contributed by atoms with Gasteiger partial charge < -0.3 is 10.1 Å². The summed E-state index contributed by atoms with van der Waals surface area (Å²) >= 11 is 0. The first-order chi connectivity index (χ1) is 16.4. The van der Waals surface area contributed by atoms with Gasteiger partial charge in [-0.2, -0.15) is 4.52 Å². The molecule has 0 amide bonds. The number of nitrogens with zero attached hydrogens (tertiary/aromatic N) is 4. The molecule has 0 aliphatic rings. The highest BCUT2D eigenvalue weighted by Gasteiger charge is 2.28. The van der Waals surface area contributed by atoms with Gasteiger partial charge in [0.2, 0.25) is 14.9 Å². The molecular weight excluding hydrogens is 450 g/mol. The first-order valence-electron chi connectivity index (χ1n) is 10.7. The van der Waals surface area contributed by atoms with Crippen molar-refractivity contribution < 1.29 is 13.2 Å². The van der Waals surface area contributed by atoms with E-state index in [1.807, 2.05) is 61.5 Å². The zero-order chi connectivity index (χ0) is 23.9. The summed E-state index contributed by atoms with van der Waals surface area (Å²) in [7, 11) is -2.31. The molecule has 5 aromatic rings. The predicted molar refractivity (Wildman–Crippen MR) is 130 cm³/mol. The lowest BCUT2D eigenvalue weighted by Crippen LogP contribution is -2.08. The second-order valence-corrected chi connectivity index (χ2v) is 9.91. The van der Waals surface area contributed by atoms with Gasteiger partial charge in [0.25, 0.3) is 0 Å². The number of hydrogen-bond donors (Lipinski definition) is 1. The zero-order valence-corrected chi connectivity index (χ0v) is 19.8. The third-order valence-corrected chi connectivity index (χ3v) is 7.52. The Hall–Kier alpha value is -3.98. The standard InChI is InChI=1S/C25H23N5O3S/c1-16-8-9-17(2)22(14-16)34(31,32)25-24-27-23(26-15-18-10-12-19(33-3)13-11-18)20-6-4-5-7-21(20)30(24)29-28-25/h4-14H,15H2,1-3H3,(H,26,27). The van der Waals surface area contributed by atoms with Crippen LogP contribution in [0.15, 0.2) is 76.7 Å². The van der Waals surface area contributed by atoms with Crippen LogP contribution in [0.25, 0.3) is 16.6 Å². The summed E-state index contributed by atoms with van der Waals surface area (Å²) in [5, 5.41) is 12.2. The monoisotopic (exact) mass is 473 g/mol. The fourth-order valence-electron chi connectivity index (χ4n) is 3.88. The van der Waals surface area contributed by atoms with Gasteiger partial charge in [-0.15, -0.1) is 5.10 Å². The lowest BCUT2D eigenvalue weighted by Gasteiger charge is -2.11. The molecule has 2 heterocycles. The molecule has 34 heavy (non-hydrogen) atoms. The van der Waals surface area contributed by atoms with Crippen LogP contribution in [0.4, 0.5) is 5.82 Å². The third-order valence-electron chi connectivity index (χ3n) is 5.73. The fraction of sp³-hybridized carbons (Fsp3) is 0.160.